The van der Waals surface area contributed by atoms with Crippen molar-refractivity contribution in [1.29, 1.82) is 0 Å². The van der Waals surface area contributed by atoms with Crippen LogP contribution in [0.1, 0.15) is 43.1 Å². The number of benzene rings is 2. The molecular weight excluding hydrogens is 280 g/mol. The van der Waals surface area contributed by atoms with E-state index >= 15 is 0 Å². The molecular formula is C17H10N2O3. The van der Waals surface area contributed by atoms with Gasteiger partial charge in [-0.3, -0.25) is 19.7 Å². The summed E-state index contributed by atoms with van der Waals surface area (Å²) in [5.74, 6) is -0.739. The van der Waals surface area contributed by atoms with Crippen molar-refractivity contribution in [2.75, 3.05) is 0 Å². The van der Waals surface area contributed by atoms with Gasteiger partial charge in [-0.1, -0.05) is 18.2 Å². The van der Waals surface area contributed by atoms with Gasteiger partial charge in [0.1, 0.15) is 0 Å². The average Bonchev–Trinajstić information content (AvgIpc) is 3.13. The second-order valence-corrected chi connectivity index (χ2v) is 5.73. The van der Waals surface area contributed by atoms with Crippen LogP contribution in [-0.4, -0.2) is 22.6 Å². The minimum atomic E-state index is -0.391. The van der Waals surface area contributed by atoms with E-state index in [9.17, 15) is 14.4 Å². The van der Waals surface area contributed by atoms with Gasteiger partial charge in [-0.15, -0.1) is 0 Å². The number of para-hydroxylation sites is 1. The molecule has 0 saturated heterocycles. The van der Waals surface area contributed by atoms with Crippen molar-refractivity contribution < 1.29 is 14.4 Å². The summed E-state index contributed by atoms with van der Waals surface area (Å²) in [6, 6.07) is 7.58. The molecule has 0 saturated carbocycles. The van der Waals surface area contributed by atoms with Crippen LogP contribution < -0.4 is 5.32 Å². The Morgan fingerprint density at radius 2 is 1.64 bits per heavy atom. The number of aromatic amines is 1. The largest absolute Gasteiger partial charge is 0.354 e. The first kappa shape index (κ1) is 11.7. The van der Waals surface area contributed by atoms with Crippen LogP contribution in [0.3, 0.4) is 0 Å². The smallest absolute Gasteiger partial charge is 0.259 e. The Hall–Kier alpha value is -2.95. The van der Waals surface area contributed by atoms with Crippen LogP contribution in [0.15, 0.2) is 24.3 Å². The standard InChI is InChI=1S/C17H10N2O3/c20-10-6-5-8-11(10)15-12(7-3-1-2-4-9(7)18-15)14-13(8)16(21)19-17(14)22/h1-4,18H,5-6H2,(H,19,21,22). The van der Waals surface area contributed by atoms with Crippen LogP contribution >= 0.6 is 0 Å². The Morgan fingerprint density at radius 3 is 2.50 bits per heavy atom. The van der Waals surface area contributed by atoms with E-state index in [1.54, 1.807) is 0 Å². The second kappa shape index (κ2) is 3.62. The summed E-state index contributed by atoms with van der Waals surface area (Å²) in [7, 11) is 0. The lowest BCUT2D eigenvalue weighted by Crippen LogP contribution is -2.20. The van der Waals surface area contributed by atoms with Crippen molar-refractivity contribution in [3.8, 4) is 0 Å². The number of amides is 2. The van der Waals surface area contributed by atoms with Gasteiger partial charge in [-0.25, -0.2) is 0 Å². The van der Waals surface area contributed by atoms with Crippen molar-refractivity contribution in [3.63, 3.8) is 0 Å². The zero-order valence-electron chi connectivity index (χ0n) is 11.4. The van der Waals surface area contributed by atoms with Gasteiger partial charge < -0.3 is 4.98 Å². The first-order chi connectivity index (χ1) is 10.7. The number of fused-ring (bicyclic) bond motifs is 8. The molecule has 2 aromatic carbocycles. The zero-order valence-corrected chi connectivity index (χ0v) is 11.4. The summed E-state index contributed by atoms with van der Waals surface area (Å²) in [4.78, 5) is 40.0. The number of nitrogens with one attached hydrogen (secondary N) is 2. The highest BCUT2D eigenvalue weighted by molar-refractivity contribution is 6.33. The fraction of sp³-hybridized carbons (Fsp3) is 0.118. The summed E-state index contributed by atoms with van der Waals surface area (Å²) in [5.41, 5.74) is 3.63. The highest BCUT2D eigenvalue weighted by atomic mass is 16.2. The van der Waals surface area contributed by atoms with Crippen LogP contribution in [0.4, 0.5) is 0 Å². The molecule has 1 aliphatic heterocycles. The lowest BCUT2D eigenvalue weighted by atomic mass is 9.93. The van der Waals surface area contributed by atoms with Crippen LogP contribution in [0.5, 0.6) is 0 Å². The molecule has 0 fully saturated rings. The van der Waals surface area contributed by atoms with Crippen LogP contribution in [0.25, 0.3) is 21.8 Å². The van der Waals surface area contributed by atoms with E-state index in [-0.39, 0.29) is 11.7 Å². The number of carbonyl (C=O) groups is 3. The number of ketones is 1. The summed E-state index contributed by atoms with van der Waals surface area (Å²) in [6.07, 6.45) is 0.903. The molecule has 0 atom stereocenters. The van der Waals surface area contributed by atoms with E-state index in [1.165, 1.54) is 0 Å². The van der Waals surface area contributed by atoms with Crippen LogP contribution in [0, 0.1) is 0 Å². The van der Waals surface area contributed by atoms with E-state index in [0.717, 1.165) is 10.9 Å². The number of hydrogen-bond acceptors (Lipinski definition) is 3. The molecule has 5 rings (SSSR count). The topological polar surface area (TPSA) is 79.0 Å². The molecule has 2 aliphatic rings. The normalized spacial score (nSPS) is 16.5. The Labute approximate surface area is 124 Å². The van der Waals surface area contributed by atoms with Crippen molar-refractivity contribution in [1.82, 2.24) is 10.3 Å². The predicted octanol–water partition coefficient (Wildman–Crippen LogP) is 2.33. The van der Waals surface area contributed by atoms with E-state index in [1.807, 2.05) is 24.3 Å². The monoisotopic (exact) mass is 290 g/mol. The van der Waals surface area contributed by atoms with Gasteiger partial charge in [0.2, 0.25) is 0 Å². The number of Topliss-reactive ketones (excluding diaryl/α,β-unsaturated/α-hetero) is 1. The third-order valence-corrected chi connectivity index (χ3v) is 4.62. The van der Waals surface area contributed by atoms with Crippen molar-refractivity contribution >= 4 is 39.4 Å². The Bertz CT molecular complexity index is 1060. The summed E-state index contributed by atoms with van der Waals surface area (Å²) in [5, 5.41) is 3.92. The van der Waals surface area contributed by atoms with Crippen LogP contribution in [-0.2, 0) is 6.42 Å². The number of aromatic nitrogens is 1. The molecule has 0 unspecified atom stereocenters. The van der Waals surface area contributed by atoms with Crippen molar-refractivity contribution in [2.24, 2.45) is 0 Å². The minimum absolute atomic E-state index is 0.0292. The summed E-state index contributed by atoms with van der Waals surface area (Å²) in [6.45, 7) is 0. The van der Waals surface area contributed by atoms with Gasteiger partial charge in [-0.2, -0.15) is 0 Å². The molecule has 1 aromatic heterocycles. The summed E-state index contributed by atoms with van der Waals surface area (Å²) >= 11 is 0. The Kier molecular flexibility index (Phi) is 1.92. The van der Waals surface area contributed by atoms with Gasteiger partial charge in [0.05, 0.1) is 16.6 Å². The van der Waals surface area contributed by atoms with Crippen molar-refractivity contribution in [2.45, 2.75) is 12.8 Å². The molecule has 5 heteroatoms. The molecule has 106 valence electrons. The van der Waals surface area contributed by atoms with Crippen LogP contribution in [0.2, 0.25) is 0 Å². The van der Waals surface area contributed by atoms with E-state index in [0.29, 0.717) is 46.0 Å². The molecule has 22 heavy (non-hydrogen) atoms. The van der Waals surface area contributed by atoms with Gasteiger partial charge in [0, 0.05) is 28.3 Å². The molecule has 3 aromatic rings. The second-order valence-electron chi connectivity index (χ2n) is 5.73. The number of rotatable bonds is 0. The third kappa shape index (κ3) is 1.18. The molecule has 0 radical (unpaired) electrons. The first-order valence-electron chi connectivity index (χ1n) is 7.15. The Balaban J connectivity index is 2.13. The van der Waals surface area contributed by atoms with Gasteiger partial charge in [0.15, 0.2) is 5.78 Å². The van der Waals surface area contributed by atoms with E-state index in [2.05, 4.69) is 10.3 Å². The third-order valence-electron chi connectivity index (χ3n) is 4.62. The maximum atomic E-state index is 12.3. The predicted molar refractivity (Wildman–Crippen MR) is 80.3 cm³/mol. The molecule has 1 aliphatic carbocycles. The highest BCUT2D eigenvalue weighted by Gasteiger charge is 2.38. The molecule has 2 N–H and O–H groups in total. The number of H-pyrrole nitrogens is 1. The SMILES string of the molecule is O=C1NC(=O)c2c1c1c(c3[nH]c4ccccc4c23)C(=O)CC1. The van der Waals surface area contributed by atoms with Gasteiger partial charge >= 0.3 is 0 Å². The van der Waals surface area contributed by atoms with Crippen molar-refractivity contribution in [3.05, 3.63) is 46.5 Å². The molecule has 0 bridgehead atoms. The lowest BCUT2D eigenvalue weighted by molar-refractivity contribution is 0.0879. The van der Waals surface area contributed by atoms with E-state index in [4.69, 9.17) is 0 Å². The quantitative estimate of drug-likeness (QED) is 0.624. The maximum Gasteiger partial charge on any atom is 0.259 e. The number of hydrogen-bond donors (Lipinski definition) is 2. The zero-order chi connectivity index (χ0) is 15.0. The minimum Gasteiger partial charge on any atom is -0.354 e. The highest BCUT2D eigenvalue weighted by Crippen LogP contribution is 2.40. The van der Waals surface area contributed by atoms with Gasteiger partial charge in [0.25, 0.3) is 11.8 Å². The number of imide groups is 1. The molecule has 0 spiro atoms. The first-order valence-corrected chi connectivity index (χ1v) is 7.15. The molecule has 2 heterocycles. The summed E-state index contributed by atoms with van der Waals surface area (Å²) < 4.78 is 0. The van der Waals surface area contributed by atoms with E-state index < -0.39 is 5.91 Å². The molecule has 2 amide bonds. The fourth-order valence-electron chi connectivity index (χ4n) is 3.77. The number of carbonyl (C=O) groups excluding carboxylic acids is 3. The lowest BCUT2D eigenvalue weighted by Gasteiger charge is -2.06. The molecule has 5 nitrogen and oxygen atoms in total. The average molecular weight is 290 g/mol. The Morgan fingerprint density at radius 1 is 0.864 bits per heavy atom. The van der Waals surface area contributed by atoms with Gasteiger partial charge in [-0.05, 0) is 18.1 Å². The maximum absolute atomic E-state index is 12.3. The fourth-order valence-corrected chi connectivity index (χ4v) is 3.77.